The van der Waals surface area contributed by atoms with Crippen LogP contribution in [0.4, 0.5) is 0 Å². The lowest BCUT2D eigenvalue weighted by Gasteiger charge is -2.20. The first-order chi connectivity index (χ1) is 11.0. The van der Waals surface area contributed by atoms with Gasteiger partial charge in [0, 0.05) is 30.8 Å². The van der Waals surface area contributed by atoms with Crippen LogP contribution in [0.5, 0.6) is 0 Å². The largest absolute Gasteiger partial charge is 0.480 e. The molecule has 2 rings (SSSR count). The molecule has 0 saturated heterocycles. The predicted molar refractivity (Wildman–Crippen MR) is 82.3 cm³/mol. The highest BCUT2D eigenvalue weighted by atomic mass is 16.5. The van der Waals surface area contributed by atoms with E-state index in [0.717, 1.165) is 12.8 Å². The summed E-state index contributed by atoms with van der Waals surface area (Å²) in [7, 11) is 1.48. The fourth-order valence-corrected chi connectivity index (χ4v) is 2.06. The van der Waals surface area contributed by atoms with Crippen molar-refractivity contribution in [1.29, 1.82) is 0 Å². The molecular weight excluding hydrogens is 300 g/mol. The van der Waals surface area contributed by atoms with Crippen LogP contribution in [0.3, 0.4) is 0 Å². The third-order valence-electron chi connectivity index (χ3n) is 3.49. The van der Waals surface area contributed by atoms with Gasteiger partial charge in [0.05, 0.1) is 6.61 Å². The van der Waals surface area contributed by atoms with E-state index < -0.39 is 18.4 Å². The Kier molecular flexibility index (Phi) is 5.70. The zero-order valence-corrected chi connectivity index (χ0v) is 12.9. The highest BCUT2D eigenvalue weighted by molar-refractivity contribution is 5.98. The van der Waals surface area contributed by atoms with E-state index in [0.29, 0.717) is 11.1 Å². The van der Waals surface area contributed by atoms with Gasteiger partial charge in [-0.25, -0.2) is 0 Å². The molecule has 1 fully saturated rings. The number of benzene rings is 1. The molecule has 0 atom stereocenters. The maximum atomic E-state index is 12.4. The quantitative estimate of drug-likeness (QED) is 0.737. The number of hydrogen-bond acceptors (Lipinski definition) is 4. The molecule has 2 N–H and O–H groups in total. The van der Waals surface area contributed by atoms with Crippen molar-refractivity contribution in [3.05, 3.63) is 35.4 Å². The number of carboxylic acids is 1. The van der Waals surface area contributed by atoms with Crippen molar-refractivity contribution in [2.24, 2.45) is 0 Å². The van der Waals surface area contributed by atoms with Crippen LogP contribution in [0.2, 0.25) is 0 Å². The number of ether oxygens (including phenoxy) is 1. The van der Waals surface area contributed by atoms with Crippen LogP contribution in [0.1, 0.15) is 33.6 Å². The molecule has 7 heteroatoms. The molecule has 1 aromatic rings. The summed E-state index contributed by atoms with van der Waals surface area (Å²) in [5, 5.41) is 11.8. The van der Waals surface area contributed by atoms with Gasteiger partial charge in [0.15, 0.2) is 0 Å². The lowest BCUT2D eigenvalue weighted by Crippen LogP contribution is -2.38. The van der Waals surface area contributed by atoms with E-state index in [1.54, 1.807) is 12.1 Å². The molecule has 0 radical (unpaired) electrons. The van der Waals surface area contributed by atoms with Crippen LogP contribution in [0.15, 0.2) is 24.3 Å². The smallest absolute Gasteiger partial charge is 0.323 e. The number of carbonyl (C=O) groups is 3. The first-order valence-corrected chi connectivity index (χ1v) is 7.42. The van der Waals surface area contributed by atoms with Crippen molar-refractivity contribution in [3.63, 3.8) is 0 Å². The van der Waals surface area contributed by atoms with Crippen molar-refractivity contribution in [1.82, 2.24) is 10.2 Å². The van der Waals surface area contributed by atoms with Gasteiger partial charge in [-0.1, -0.05) is 0 Å². The molecule has 1 aromatic carbocycles. The standard InChI is InChI=1S/C16H20N2O5/c1-23-9-8-18(10-14(19)20)16(22)12-4-2-11(3-5-12)15(21)17-13-6-7-13/h2-5,13H,6-10H2,1H3,(H,17,21)(H,19,20). The number of nitrogens with zero attached hydrogens (tertiary/aromatic N) is 1. The number of methoxy groups -OCH3 is 1. The maximum absolute atomic E-state index is 12.4. The van der Waals surface area contributed by atoms with Gasteiger partial charge in [-0.2, -0.15) is 0 Å². The molecule has 1 aliphatic carbocycles. The monoisotopic (exact) mass is 320 g/mol. The van der Waals surface area contributed by atoms with Crippen LogP contribution < -0.4 is 5.32 Å². The van der Waals surface area contributed by atoms with E-state index in [2.05, 4.69) is 5.32 Å². The van der Waals surface area contributed by atoms with Crippen molar-refractivity contribution in [2.75, 3.05) is 26.8 Å². The zero-order chi connectivity index (χ0) is 16.8. The zero-order valence-electron chi connectivity index (χ0n) is 12.9. The summed E-state index contributed by atoms with van der Waals surface area (Å²) in [6.45, 7) is 0.0402. The Hall–Kier alpha value is -2.41. The van der Waals surface area contributed by atoms with Crippen molar-refractivity contribution >= 4 is 17.8 Å². The van der Waals surface area contributed by atoms with E-state index in [1.807, 2.05) is 0 Å². The molecule has 0 aromatic heterocycles. The summed E-state index contributed by atoms with van der Waals surface area (Å²) >= 11 is 0. The van der Waals surface area contributed by atoms with Gasteiger partial charge in [0.1, 0.15) is 6.54 Å². The topological polar surface area (TPSA) is 95.9 Å². The lowest BCUT2D eigenvalue weighted by atomic mass is 10.1. The third-order valence-corrected chi connectivity index (χ3v) is 3.49. The summed E-state index contributed by atoms with van der Waals surface area (Å²) in [4.78, 5) is 36.3. The van der Waals surface area contributed by atoms with Gasteiger partial charge >= 0.3 is 5.97 Å². The van der Waals surface area contributed by atoms with E-state index in [-0.39, 0.29) is 25.1 Å². The summed E-state index contributed by atoms with van der Waals surface area (Å²) in [5.41, 5.74) is 0.820. The van der Waals surface area contributed by atoms with E-state index in [1.165, 1.54) is 24.1 Å². The number of rotatable bonds is 8. The summed E-state index contributed by atoms with van der Waals surface area (Å²) in [5.74, 6) is -1.65. The molecular formula is C16H20N2O5. The second-order valence-electron chi connectivity index (χ2n) is 5.44. The fourth-order valence-electron chi connectivity index (χ4n) is 2.06. The van der Waals surface area contributed by atoms with Gasteiger partial charge in [-0.15, -0.1) is 0 Å². The number of nitrogens with one attached hydrogen (secondary N) is 1. The fraction of sp³-hybridized carbons (Fsp3) is 0.438. The Morgan fingerprint density at radius 3 is 2.35 bits per heavy atom. The van der Waals surface area contributed by atoms with Crippen molar-refractivity contribution < 1.29 is 24.2 Å². The SMILES string of the molecule is COCCN(CC(=O)O)C(=O)c1ccc(C(=O)NC2CC2)cc1. The average molecular weight is 320 g/mol. The Labute approximate surface area is 134 Å². The average Bonchev–Trinajstić information content (AvgIpc) is 3.34. The van der Waals surface area contributed by atoms with E-state index in [4.69, 9.17) is 9.84 Å². The van der Waals surface area contributed by atoms with Crippen molar-refractivity contribution in [3.8, 4) is 0 Å². The normalized spacial score (nSPS) is 13.4. The molecule has 1 aliphatic rings. The van der Waals surface area contributed by atoms with Crippen LogP contribution >= 0.6 is 0 Å². The molecule has 2 amide bonds. The summed E-state index contributed by atoms with van der Waals surface area (Å²) in [6.07, 6.45) is 2.01. The third kappa shape index (κ3) is 5.07. The van der Waals surface area contributed by atoms with E-state index in [9.17, 15) is 14.4 Å². The van der Waals surface area contributed by atoms with Gasteiger partial charge in [0.2, 0.25) is 0 Å². The second-order valence-corrected chi connectivity index (χ2v) is 5.44. The molecule has 0 unspecified atom stereocenters. The molecule has 23 heavy (non-hydrogen) atoms. The first-order valence-electron chi connectivity index (χ1n) is 7.42. The Morgan fingerprint density at radius 1 is 1.22 bits per heavy atom. The second kappa shape index (κ2) is 7.73. The lowest BCUT2D eigenvalue weighted by molar-refractivity contribution is -0.137. The number of aliphatic carboxylic acids is 1. The summed E-state index contributed by atoms with van der Waals surface area (Å²) in [6, 6.07) is 6.47. The number of carboxylic acid groups (broad SMARTS) is 1. The molecule has 0 aliphatic heterocycles. The first kappa shape index (κ1) is 17.0. The molecule has 1 saturated carbocycles. The molecule has 0 bridgehead atoms. The number of hydrogen-bond donors (Lipinski definition) is 2. The number of amides is 2. The van der Waals surface area contributed by atoms with E-state index >= 15 is 0 Å². The highest BCUT2D eigenvalue weighted by Crippen LogP contribution is 2.19. The van der Waals surface area contributed by atoms with Crippen LogP contribution in [0.25, 0.3) is 0 Å². The summed E-state index contributed by atoms with van der Waals surface area (Å²) < 4.78 is 4.89. The molecule has 124 valence electrons. The minimum atomic E-state index is -1.09. The Bertz CT molecular complexity index is 581. The Balaban J connectivity index is 2.03. The highest BCUT2D eigenvalue weighted by Gasteiger charge is 2.24. The van der Waals surface area contributed by atoms with Crippen LogP contribution in [0, 0.1) is 0 Å². The minimum absolute atomic E-state index is 0.159. The van der Waals surface area contributed by atoms with Gasteiger partial charge in [0.25, 0.3) is 11.8 Å². The van der Waals surface area contributed by atoms with Crippen LogP contribution in [-0.4, -0.2) is 60.6 Å². The van der Waals surface area contributed by atoms with Gasteiger partial charge in [-0.3, -0.25) is 14.4 Å². The van der Waals surface area contributed by atoms with Crippen LogP contribution in [-0.2, 0) is 9.53 Å². The minimum Gasteiger partial charge on any atom is -0.480 e. The molecule has 0 heterocycles. The Morgan fingerprint density at radius 2 is 1.83 bits per heavy atom. The predicted octanol–water partition coefficient (Wildman–Crippen LogP) is 0.752. The number of carbonyl (C=O) groups excluding carboxylic acids is 2. The molecule has 7 nitrogen and oxygen atoms in total. The maximum Gasteiger partial charge on any atom is 0.323 e. The molecule has 0 spiro atoms. The van der Waals surface area contributed by atoms with Gasteiger partial charge in [-0.05, 0) is 37.1 Å². The van der Waals surface area contributed by atoms with Crippen molar-refractivity contribution in [2.45, 2.75) is 18.9 Å². The van der Waals surface area contributed by atoms with Gasteiger partial charge < -0.3 is 20.1 Å².